The number of hydrogen-bond acceptors (Lipinski definition) is 5. The van der Waals surface area contributed by atoms with Crippen molar-refractivity contribution < 1.29 is 28.2 Å². The lowest BCUT2D eigenvalue weighted by Crippen LogP contribution is -2.22. The number of carbonyl (C=O) groups is 2. The quantitative estimate of drug-likeness (QED) is 0.472. The van der Waals surface area contributed by atoms with Gasteiger partial charge in [0.1, 0.15) is 0 Å². The number of aliphatic carboxylic acids is 2. The molecule has 156 valence electrons. The van der Waals surface area contributed by atoms with Gasteiger partial charge in [0.05, 0.1) is 5.75 Å². The van der Waals surface area contributed by atoms with Crippen molar-refractivity contribution in [3.05, 3.63) is 35.5 Å². The van der Waals surface area contributed by atoms with E-state index in [0.29, 0.717) is 6.42 Å². The zero-order chi connectivity index (χ0) is 21.3. The molecule has 0 aliphatic rings. The highest BCUT2D eigenvalue weighted by atomic mass is 32.2. The van der Waals surface area contributed by atoms with E-state index in [4.69, 9.17) is 19.8 Å². The predicted molar refractivity (Wildman–Crippen MR) is 107 cm³/mol. The summed E-state index contributed by atoms with van der Waals surface area (Å²) < 4.78 is 25.2. The number of nitrogens with one attached hydrogen (secondary N) is 2. The molecule has 28 heavy (non-hydrogen) atoms. The summed E-state index contributed by atoms with van der Waals surface area (Å²) in [5.41, 5.74) is 3.64. The number of sulfonamides is 1. The van der Waals surface area contributed by atoms with Crippen molar-refractivity contribution in [3.63, 3.8) is 0 Å². The lowest BCUT2D eigenvalue weighted by molar-refractivity contribution is -0.159. The van der Waals surface area contributed by atoms with Crippen LogP contribution in [0, 0.1) is 0 Å². The van der Waals surface area contributed by atoms with Gasteiger partial charge in [0.2, 0.25) is 10.0 Å². The Balaban J connectivity index is 0.000000568. The summed E-state index contributed by atoms with van der Waals surface area (Å²) in [5, 5.41) is 16.0. The zero-order valence-corrected chi connectivity index (χ0v) is 17.0. The van der Waals surface area contributed by atoms with E-state index in [1.807, 2.05) is 0 Å². The third-order valence-corrected chi connectivity index (χ3v) is 5.48. The van der Waals surface area contributed by atoms with E-state index >= 15 is 0 Å². The molecule has 1 aromatic carbocycles. The number of H-pyrrole nitrogens is 1. The maximum absolute atomic E-state index is 11.4. The summed E-state index contributed by atoms with van der Waals surface area (Å²) in [7, 11) is 2.49. The Morgan fingerprint density at radius 1 is 1.14 bits per heavy atom. The van der Waals surface area contributed by atoms with Crippen molar-refractivity contribution >= 4 is 32.9 Å². The van der Waals surface area contributed by atoms with Gasteiger partial charge < -0.3 is 20.1 Å². The summed E-state index contributed by atoms with van der Waals surface area (Å²) in [6.45, 7) is 1.01. The van der Waals surface area contributed by atoms with Gasteiger partial charge in [-0.1, -0.05) is 6.07 Å². The second-order valence-corrected chi connectivity index (χ2v) is 8.53. The highest BCUT2D eigenvalue weighted by Gasteiger charge is 2.08. The molecule has 4 N–H and O–H groups in total. The van der Waals surface area contributed by atoms with Crippen LogP contribution in [0.5, 0.6) is 0 Å². The average molecular weight is 413 g/mol. The van der Waals surface area contributed by atoms with Crippen LogP contribution < -0.4 is 4.72 Å². The number of carboxylic acids is 2. The largest absolute Gasteiger partial charge is 0.473 e. The first kappa shape index (κ1) is 23.6. The molecule has 0 spiro atoms. The third-order valence-electron chi connectivity index (χ3n) is 4.03. The monoisotopic (exact) mass is 413 g/mol. The third kappa shape index (κ3) is 8.07. The lowest BCUT2D eigenvalue weighted by Gasteiger charge is -2.08. The van der Waals surface area contributed by atoms with Crippen molar-refractivity contribution in [2.24, 2.45) is 0 Å². The predicted octanol–water partition coefficient (Wildman–Crippen LogP) is 0.909. The van der Waals surface area contributed by atoms with E-state index in [-0.39, 0.29) is 5.75 Å². The molecular formula is C18H27N3O6S. The van der Waals surface area contributed by atoms with Crippen molar-refractivity contribution in [1.82, 2.24) is 14.6 Å². The lowest BCUT2D eigenvalue weighted by atomic mass is 10.0. The molecule has 10 heteroatoms. The fourth-order valence-corrected chi connectivity index (χ4v) is 3.23. The van der Waals surface area contributed by atoms with Gasteiger partial charge in [0.25, 0.3) is 0 Å². The Bertz CT molecular complexity index is 893. The van der Waals surface area contributed by atoms with Crippen molar-refractivity contribution in [1.29, 1.82) is 0 Å². The van der Waals surface area contributed by atoms with Gasteiger partial charge in [-0.25, -0.2) is 22.7 Å². The van der Waals surface area contributed by atoms with Crippen molar-refractivity contribution in [2.75, 3.05) is 33.4 Å². The first-order valence-corrected chi connectivity index (χ1v) is 10.3. The minimum atomic E-state index is -3.11. The molecule has 2 aromatic rings. The number of likely N-dealkylation sites (N-methyl/N-ethyl adjacent to an activating group) is 1. The number of nitrogens with zero attached hydrogens (tertiary/aromatic N) is 1. The summed E-state index contributed by atoms with van der Waals surface area (Å²) in [6, 6.07) is 6.33. The molecule has 0 fully saturated rings. The molecule has 0 aliphatic carbocycles. The molecule has 0 atom stereocenters. The number of fused-ring (bicyclic) bond motifs is 1. The molecule has 2 rings (SSSR count). The molecule has 0 amide bonds. The summed E-state index contributed by atoms with van der Waals surface area (Å²) in [5.74, 6) is -3.48. The maximum Gasteiger partial charge on any atom is 0.414 e. The van der Waals surface area contributed by atoms with Crippen LogP contribution in [0.4, 0.5) is 0 Å². The molecule has 0 saturated heterocycles. The smallest absolute Gasteiger partial charge is 0.414 e. The molecule has 0 radical (unpaired) electrons. The average Bonchev–Trinajstić information content (AvgIpc) is 3.02. The number of aromatic nitrogens is 1. The van der Waals surface area contributed by atoms with E-state index < -0.39 is 22.0 Å². The van der Waals surface area contributed by atoms with Crippen molar-refractivity contribution in [3.8, 4) is 0 Å². The van der Waals surface area contributed by atoms with Gasteiger partial charge in [0, 0.05) is 23.6 Å². The topological polar surface area (TPSA) is 140 Å². The van der Waals surface area contributed by atoms with Gasteiger partial charge in [0.15, 0.2) is 0 Å². The Kier molecular flexibility index (Phi) is 9.10. The Labute approximate surface area is 164 Å². The Hall–Kier alpha value is -2.43. The van der Waals surface area contributed by atoms with Gasteiger partial charge in [-0.15, -0.1) is 0 Å². The van der Waals surface area contributed by atoms with Crippen LogP contribution in [-0.2, 0) is 32.5 Å². The second kappa shape index (κ2) is 10.8. The molecular weight excluding hydrogens is 386 g/mol. The van der Waals surface area contributed by atoms with Crippen LogP contribution >= 0.6 is 0 Å². The molecule has 0 aliphatic heterocycles. The number of hydrogen-bond donors (Lipinski definition) is 4. The van der Waals surface area contributed by atoms with Crippen LogP contribution in [0.2, 0.25) is 0 Å². The minimum absolute atomic E-state index is 0.169. The van der Waals surface area contributed by atoms with E-state index in [9.17, 15) is 8.42 Å². The van der Waals surface area contributed by atoms with Gasteiger partial charge in [-0.05, 0) is 63.7 Å². The normalized spacial score (nSPS) is 11.3. The van der Waals surface area contributed by atoms with Gasteiger partial charge in [-0.2, -0.15) is 0 Å². The highest BCUT2D eigenvalue weighted by Crippen LogP contribution is 2.21. The summed E-state index contributed by atoms with van der Waals surface area (Å²) in [6.07, 6.45) is 4.48. The molecule has 1 heterocycles. The Morgan fingerprint density at radius 2 is 1.79 bits per heavy atom. The number of carboxylic acid groups (broad SMARTS) is 2. The zero-order valence-electron chi connectivity index (χ0n) is 16.2. The fourth-order valence-electron chi connectivity index (χ4n) is 2.50. The van der Waals surface area contributed by atoms with Crippen LogP contribution in [0.3, 0.4) is 0 Å². The number of rotatable bonds is 8. The van der Waals surface area contributed by atoms with Gasteiger partial charge in [-0.3, -0.25) is 0 Å². The molecule has 1 aromatic heterocycles. The molecule has 9 nitrogen and oxygen atoms in total. The Morgan fingerprint density at radius 3 is 2.32 bits per heavy atom. The van der Waals surface area contributed by atoms with Crippen molar-refractivity contribution in [2.45, 2.75) is 19.3 Å². The number of aryl methyl sites for hydroxylation is 1. The molecule has 0 unspecified atom stereocenters. The van der Waals surface area contributed by atoms with Crippen LogP contribution in [-0.4, -0.2) is 73.9 Å². The first-order chi connectivity index (χ1) is 13.1. The standard InChI is InChI=1S/C16H25N3O2S.C2H2O4/c1-17-22(20,21)10-4-5-13-6-7-16-15(11-13)14(12-18-16)8-9-19(2)3;3-1(4)2(5)6/h6-7,11-12,17-18H,4-5,8-10H2,1-3H3;(H,3,4)(H,5,6). The number of benzene rings is 1. The SMILES string of the molecule is CNS(=O)(=O)CCCc1ccc2[nH]cc(CCN(C)C)c2c1.O=C(O)C(=O)O. The fraction of sp³-hybridized carbons (Fsp3) is 0.444. The van der Waals surface area contributed by atoms with Gasteiger partial charge >= 0.3 is 11.9 Å². The van der Waals surface area contributed by atoms with E-state index in [1.165, 1.54) is 23.6 Å². The van der Waals surface area contributed by atoms with Crippen LogP contribution in [0.1, 0.15) is 17.5 Å². The van der Waals surface area contributed by atoms with Crippen LogP contribution in [0.15, 0.2) is 24.4 Å². The van der Waals surface area contributed by atoms with Crippen LogP contribution in [0.25, 0.3) is 10.9 Å². The maximum atomic E-state index is 11.4. The summed E-state index contributed by atoms with van der Waals surface area (Å²) >= 11 is 0. The molecule has 0 bridgehead atoms. The molecule has 0 saturated carbocycles. The second-order valence-electron chi connectivity index (χ2n) is 6.48. The number of aromatic amines is 1. The van der Waals surface area contributed by atoms with E-state index in [0.717, 1.165) is 24.9 Å². The van der Waals surface area contributed by atoms with E-state index in [1.54, 1.807) is 0 Å². The van der Waals surface area contributed by atoms with E-state index in [2.05, 4.69) is 53.1 Å². The highest BCUT2D eigenvalue weighted by molar-refractivity contribution is 7.89. The first-order valence-electron chi connectivity index (χ1n) is 8.66. The summed E-state index contributed by atoms with van der Waals surface area (Å²) in [4.78, 5) is 23.7. The minimum Gasteiger partial charge on any atom is -0.473 e.